The minimum atomic E-state index is -0.0462. The zero-order chi connectivity index (χ0) is 9.90. The van der Waals surface area contributed by atoms with E-state index in [1.54, 1.807) is 0 Å². The molecule has 1 aromatic rings. The van der Waals surface area contributed by atoms with E-state index in [1.165, 1.54) is 0 Å². The maximum absolute atomic E-state index is 4.34. The molecule has 0 aliphatic carbocycles. The van der Waals surface area contributed by atoms with Crippen molar-refractivity contribution in [2.24, 2.45) is 0 Å². The van der Waals surface area contributed by atoms with Gasteiger partial charge in [-0.3, -0.25) is 4.98 Å². The van der Waals surface area contributed by atoms with E-state index in [2.05, 4.69) is 44.1 Å². The van der Waals surface area contributed by atoms with Gasteiger partial charge in [-0.05, 0) is 26.0 Å². The lowest BCUT2D eigenvalue weighted by Crippen LogP contribution is -2.41. The topological polar surface area (TPSA) is 24.9 Å². The first-order valence-corrected chi connectivity index (χ1v) is 4.71. The number of nitrogens with one attached hydrogen (secondary N) is 1. The Kier molecular flexibility index (Phi) is 3.04. The Balaban J connectivity index is 2.81. The second-order valence-electron chi connectivity index (χ2n) is 4.14. The van der Waals surface area contributed by atoms with E-state index in [0.717, 1.165) is 5.69 Å². The fourth-order valence-electron chi connectivity index (χ4n) is 1.53. The first kappa shape index (κ1) is 10.2. The predicted molar refractivity (Wildman–Crippen MR) is 55.5 cm³/mol. The van der Waals surface area contributed by atoms with Crippen LogP contribution >= 0.6 is 0 Å². The zero-order valence-electron chi connectivity index (χ0n) is 8.83. The summed E-state index contributed by atoms with van der Waals surface area (Å²) in [5.74, 6) is 0. The van der Waals surface area contributed by atoms with Crippen LogP contribution in [0.2, 0.25) is 0 Å². The molecule has 1 N–H and O–H groups in total. The molecule has 0 atom stereocenters. The van der Waals surface area contributed by atoms with Crippen molar-refractivity contribution in [3.05, 3.63) is 30.1 Å². The second kappa shape index (κ2) is 3.88. The van der Waals surface area contributed by atoms with Gasteiger partial charge in [-0.2, -0.15) is 0 Å². The summed E-state index contributed by atoms with van der Waals surface area (Å²) in [7, 11) is 0. The molecular weight excluding hydrogens is 160 g/mol. The summed E-state index contributed by atoms with van der Waals surface area (Å²) in [6.45, 7) is 8.58. The third-order valence-electron chi connectivity index (χ3n) is 1.95. The lowest BCUT2D eigenvalue weighted by molar-refractivity contribution is 0.357. The molecule has 0 saturated carbocycles. The molecular formula is C11H18N2. The molecule has 1 heterocycles. The molecule has 0 bridgehead atoms. The van der Waals surface area contributed by atoms with Crippen LogP contribution in [-0.4, -0.2) is 11.0 Å². The summed E-state index contributed by atoms with van der Waals surface area (Å²) in [4.78, 5) is 4.34. The van der Waals surface area contributed by atoms with Crippen LogP contribution in [0.4, 0.5) is 0 Å². The van der Waals surface area contributed by atoms with Gasteiger partial charge in [-0.15, -0.1) is 0 Å². The Labute approximate surface area is 80.4 Å². The lowest BCUT2D eigenvalue weighted by atomic mass is 9.99. The summed E-state index contributed by atoms with van der Waals surface area (Å²) in [6, 6.07) is 6.48. The number of pyridine rings is 1. The average Bonchev–Trinajstić information content (AvgIpc) is 2.04. The van der Waals surface area contributed by atoms with Crippen molar-refractivity contribution in [3.63, 3.8) is 0 Å². The van der Waals surface area contributed by atoms with Crippen LogP contribution in [0.1, 0.15) is 33.4 Å². The summed E-state index contributed by atoms with van der Waals surface area (Å²) in [5, 5.41) is 3.47. The standard InChI is InChI=1S/C11H18N2/c1-9(2)13-11(3,4)10-7-5-6-8-12-10/h5-9,13H,1-4H3. The van der Waals surface area contributed by atoms with Crippen LogP contribution in [0.5, 0.6) is 0 Å². The predicted octanol–water partition coefficient (Wildman–Crippen LogP) is 2.31. The van der Waals surface area contributed by atoms with Gasteiger partial charge in [0.05, 0.1) is 11.2 Å². The van der Waals surface area contributed by atoms with Crippen LogP contribution in [0.3, 0.4) is 0 Å². The molecule has 1 aromatic heterocycles. The van der Waals surface area contributed by atoms with Crippen molar-refractivity contribution in [3.8, 4) is 0 Å². The van der Waals surface area contributed by atoms with Gasteiger partial charge in [0.25, 0.3) is 0 Å². The van der Waals surface area contributed by atoms with Crippen molar-refractivity contribution in [2.45, 2.75) is 39.3 Å². The Hall–Kier alpha value is -0.890. The van der Waals surface area contributed by atoms with Gasteiger partial charge in [0.2, 0.25) is 0 Å². The van der Waals surface area contributed by atoms with Gasteiger partial charge in [-0.25, -0.2) is 0 Å². The molecule has 0 aromatic carbocycles. The Morgan fingerprint density at radius 2 is 2.00 bits per heavy atom. The SMILES string of the molecule is CC(C)NC(C)(C)c1ccccn1. The molecule has 0 unspecified atom stereocenters. The van der Waals surface area contributed by atoms with Crippen LogP contribution in [0, 0.1) is 0 Å². The summed E-state index contributed by atoms with van der Waals surface area (Å²) in [6.07, 6.45) is 1.83. The van der Waals surface area contributed by atoms with Crippen molar-refractivity contribution in [2.75, 3.05) is 0 Å². The highest BCUT2D eigenvalue weighted by Crippen LogP contribution is 2.17. The van der Waals surface area contributed by atoms with Crippen LogP contribution in [0.15, 0.2) is 24.4 Å². The third-order valence-corrected chi connectivity index (χ3v) is 1.95. The number of aromatic nitrogens is 1. The van der Waals surface area contributed by atoms with Gasteiger partial charge in [0.1, 0.15) is 0 Å². The minimum absolute atomic E-state index is 0.0462. The fraction of sp³-hybridized carbons (Fsp3) is 0.545. The third kappa shape index (κ3) is 2.81. The smallest absolute Gasteiger partial charge is 0.0599 e. The number of hydrogen-bond donors (Lipinski definition) is 1. The summed E-state index contributed by atoms with van der Waals surface area (Å²) >= 11 is 0. The molecule has 72 valence electrons. The second-order valence-corrected chi connectivity index (χ2v) is 4.14. The van der Waals surface area contributed by atoms with Crippen LogP contribution in [-0.2, 0) is 5.54 Å². The zero-order valence-corrected chi connectivity index (χ0v) is 8.83. The van der Waals surface area contributed by atoms with Crippen molar-refractivity contribution < 1.29 is 0 Å². The summed E-state index contributed by atoms with van der Waals surface area (Å²) in [5.41, 5.74) is 1.04. The molecule has 13 heavy (non-hydrogen) atoms. The maximum atomic E-state index is 4.34. The lowest BCUT2D eigenvalue weighted by Gasteiger charge is -2.28. The van der Waals surface area contributed by atoms with Gasteiger partial charge in [0, 0.05) is 12.2 Å². The van der Waals surface area contributed by atoms with E-state index in [-0.39, 0.29) is 5.54 Å². The van der Waals surface area contributed by atoms with E-state index in [9.17, 15) is 0 Å². The first-order chi connectivity index (χ1) is 6.02. The first-order valence-electron chi connectivity index (χ1n) is 4.71. The molecule has 2 nitrogen and oxygen atoms in total. The van der Waals surface area contributed by atoms with E-state index < -0.39 is 0 Å². The molecule has 0 spiro atoms. The quantitative estimate of drug-likeness (QED) is 0.768. The van der Waals surface area contributed by atoms with Crippen molar-refractivity contribution in [1.29, 1.82) is 0 Å². The van der Waals surface area contributed by atoms with Gasteiger partial charge >= 0.3 is 0 Å². The molecule has 0 saturated heterocycles. The molecule has 0 aliphatic heterocycles. The van der Waals surface area contributed by atoms with Crippen LogP contribution in [0.25, 0.3) is 0 Å². The normalized spacial score (nSPS) is 12.1. The molecule has 0 radical (unpaired) electrons. The van der Waals surface area contributed by atoms with E-state index in [4.69, 9.17) is 0 Å². The highest BCUT2D eigenvalue weighted by atomic mass is 15.0. The molecule has 0 aliphatic rings. The maximum Gasteiger partial charge on any atom is 0.0599 e. The Morgan fingerprint density at radius 3 is 2.46 bits per heavy atom. The summed E-state index contributed by atoms with van der Waals surface area (Å²) < 4.78 is 0. The average molecular weight is 178 g/mol. The van der Waals surface area contributed by atoms with E-state index >= 15 is 0 Å². The molecule has 2 heteroatoms. The Morgan fingerprint density at radius 1 is 1.31 bits per heavy atom. The van der Waals surface area contributed by atoms with E-state index in [1.807, 2.05) is 18.3 Å². The Bertz CT molecular complexity index is 252. The van der Waals surface area contributed by atoms with E-state index in [0.29, 0.717) is 6.04 Å². The molecule has 0 fully saturated rings. The highest BCUT2D eigenvalue weighted by molar-refractivity contribution is 5.13. The molecule has 0 amide bonds. The largest absolute Gasteiger partial charge is 0.304 e. The monoisotopic (exact) mass is 178 g/mol. The number of rotatable bonds is 3. The van der Waals surface area contributed by atoms with Crippen molar-refractivity contribution >= 4 is 0 Å². The van der Waals surface area contributed by atoms with Gasteiger partial charge in [-0.1, -0.05) is 19.9 Å². The number of nitrogens with zero attached hydrogens (tertiary/aromatic N) is 1. The minimum Gasteiger partial charge on any atom is -0.304 e. The van der Waals surface area contributed by atoms with Gasteiger partial charge < -0.3 is 5.32 Å². The fourth-order valence-corrected chi connectivity index (χ4v) is 1.53. The van der Waals surface area contributed by atoms with Gasteiger partial charge in [0.15, 0.2) is 0 Å². The highest BCUT2D eigenvalue weighted by Gasteiger charge is 2.21. The molecule has 1 rings (SSSR count). The van der Waals surface area contributed by atoms with Crippen molar-refractivity contribution in [1.82, 2.24) is 10.3 Å². The number of hydrogen-bond acceptors (Lipinski definition) is 2. The van der Waals surface area contributed by atoms with Crippen LogP contribution < -0.4 is 5.32 Å².